The molecule has 0 fully saturated rings. The van der Waals surface area contributed by atoms with Gasteiger partial charge >= 0.3 is 12.1 Å². The van der Waals surface area contributed by atoms with Crippen LogP contribution in [0.15, 0.2) is 28.8 Å². The standard InChI is InChI=1S/C13H14F3N3O2/c1-7(2)20-9-5-3-8(4-6-9)10(17)11-18-12(21-19-11)13(14,15)16/h3-7,10H,17H2,1-2H3. The minimum atomic E-state index is -4.68. The highest BCUT2D eigenvalue weighted by atomic mass is 19.4. The van der Waals surface area contributed by atoms with Crippen molar-refractivity contribution >= 4 is 0 Å². The number of nitrogens with two attached hydrogens (primary N) is 1. The van der Waals surface area contributed by atoms with Crippen LogP contribution < -0.4 is 10.5 Å². The highest BCUT2D eigenvalue weighted by Crippen LogP contribution is 2.29. The van der Waals surface area contributed by atoms with Gasteiger partial charge in [0.15, 0.2) is 5.82 Å². The van der Waals surface area contributed by atoms with Gasteiger partial charge in [0.25, 0.3) is 0 Å². The Labute approximate surface area is 118 Å². The Morgan fingerprint density at radius 1 is 1.19 bits per heavy atom. The van der Waals surface area contributed by atoms with Crippen molar-refractivity contribution in [1.82, 2.24) is 10.1 Å². The Hall–Kier alpha value is -2.09. The van der Waals surface area contributed by atoms with Gasteiger partial charge in [-0.05, 0) is 31.5 Å². The lowest BCUT2D eigenvalue weighted by Gasteiger charge is -2.11. The Morgan fingerprint density at radius 2 is 1.81 bits per heavy atom. The lowest BCUT2D eigenvalue weighted by Crippen LogP contribution is -2.14. The van der Waals surface area contributed by atoms with Crippen molar-refractivity contribution in [3.05, 3.63) is 41.5 Å². The zero-order chi connectivity index (χ0) is 15.6. The molecule has 1 atom stereocenters. The van der Waals surface area contributed by atoms with Crippen molar-refractivity contribution in [3.63, 3.8) is 0 Å². The first-order valence-corrected chi connectivity index (χ1v) is 6.20. The minimum Gasteiger partial charge on any atom is -0.491 e. The first kappa shape index (κ1) is 15.3. The highest BCUT2D eigenvalue weighted by molar-refractivity contribution is 5.31. The van der Waals surface area contributed by atoms with Crippen LogP contribution in [0.3, 0.4) is 0 Å². The monoisotopic (exact) mass is 301 g/mol. The summed E-state index contributed by atoms with van der Waals surface area (Å²) >= 11 is 0. The molecule has 2 aromatic rings. The van der Waals surface area contributed by atoms with E-state index >= 15 is 0 Å². The van der Waals surface area contributed by atoms with E-state index in [1.807, 2.05) is 13.8 Å². The fourth-order valence-corrected chi connectivity index (χ4v) is 1.65. The molecule has 1 heterocycles. The SMILES string of the molecule is CC(C)Oc1ccc(C(N)c2noc(C(F)(F)F)n2)cc1. The molecule has 5 nitrogen and oxygen atoms in total. The number of hydrogen-bond acceptors (Lipinski definition) is 5. The molecule has 0 spiro atoms. The van der Waals surface area contributed by atoms with Gasteiger partial charge in [-0.15, -0.1) is 0 Å². The maximum atomic E-state index is 12.4. The molecule has 1 aromatic heterocycles. The number of rotatable bonds is 4. The second kappa shape index (κ2) is 5.72. The predicted molar refractivity (Wildman–Crippen MR) is 67.5 cm³/mol. The third-order valence-electron chi connectivity index (χ3n) is 2.57. The molecule has 1 aromatic carbocycles. The smallest absolute Gasteiger partial charge is 0.471 e. The summed E-state index contributed by atoms with van der Waals surface area (Å²) in [4.78, 5) is 3.27. The molecule has 0 aliphatic carbocycles. The number of aromatic nitrogens is 2. The normalized spacial score (nSPS) is 13.5. The molecule has 0 bridgehead atoms. The molecule has 0 aliphatic rings. The average Bonchev–Trinajstić information content (AvgIpc) is 2.87. The number of benzene rings is 1. The van der Waals surface area contributed by atoms with Gasteiger partial charge < -0.3 is 15.0 Å². The van der Waals surface area contributed by atoms with Crippen LogP contribution in [0.4, 0.5) is 13.2 Å². The highest BCUT2D eigenvalue weighted by Gasteiger charge is 2.39. The predicted octanol–water partition coefficient (Wildman–Crippen LogP) is 2.92. The Morgan fingerprint density at radius 3 is 2.29 bits per heavy atom. The summed E-state index contributed by atoms with van der Waals surface area (Å²) < 4.78 is 46.8. The molecule has 0 saturated heterocycles. The molecule has 0 radical (unpaired) electrons. The van der Waals surface area contributed by atoms with Gasteiger partial charge in [0.05, 0.1) is 12.1 Å². The van der Waals surface area contributed by atoms with Gasteiger partial charge in [-0.25, -0.2) is 0 Å². The first-order chi connectivity index (χ1) is 9.77. The first-order valence-electron chi connectivity index (χ1n) is 6.20. The number of halogens is 3. The van der Waals surface area contributed by atoms with E-state index in [0.717, 1.165) is 0 Å². The van der Waals surface area contributed by atoms with Crippen LogP contribution in [-0.4, -0.2) is 16.2 Å². The molecule has 2 N–H and O–H groups in total. The van der Waals surface area contributed by atoms with Crippen molar-refractivity contribution in [2.45, 2.75) is 32.2 Å². The fraction of sp³-hybridized carbons (Fsp3) is 0.385. The van der Waals surface area contributed by atoms with E-state index in [1.165, 1.54) is 0 Å². The minimum absolute atomic E-state index is 0.0241. The average molecular weight is 301 g/mol. The molecule has 1 unspecified atom stereocenters. The van der Waals surface area contributed by atoms with Gasteiger partial charge in [-0.1, -0.05) is 17.3 Å². The third-order valence-corrected chi connectivity index (χ3v) is 2.57. The Balaban J connectivity index is 2.16. The maximum absolute atomic E-state index is 12.4. The molecular weight excluding hydrogens is 287 g/mol. The zero-order valence-corrected chi connectivity index (χ0v) is 11.4. The summed E-state index contributed by atoms with van der Waals surface area (Å²) in [6, 6.07) is 5.75. The summed E-state index contributed by atoms with van der Waals surface area (Å²) in [7, 11) is 0. The van der Waals surface area contributed by atoms with Crippen molar-refractivity contribution < 1.29 is 22.4 Å². The van der Waals surface area contributed by atoms with Gasteiger partial charge in [0, 0.05) is 0 Å². The van der Waals surface area contributed by atoms with Crippen LogP contribution in [0.25, 0.3) is 0 Å². The number of hydrogen-bond donors (Lipinski definition) is 1. The van der Waals surface area contributed by atoms with E-state index in [1.54, 1.807) is 24.3 Å². The number of nitrogens with zero attached hydrogens (tertiary/aromatic N) is 2. The summed E-state index contributed by atoms with van der Waals surface area (Å²) in [5.41, 5.74) is 6.39. The van der Waals surface area contributed by atoms with Crippen LogP contribution in [0.5, 0.6) is 5.75 Å². The van der Waals surface area contributed by atoms with E-state index in [0.29, 0.717) is 11.3 Å². The van der Waals surface area contributed by atoms with Crippen LogP contribution >= 0.6 is 0 Å². The van der Waals surface area contributed by atoms with Crippen molar-refractivity contribution in [1.29, 1.82) is 0 Å². The molecule has 8 heteroatoms. The number of alkyl halides is 3. The number of ether oxygens (including phenoxy) is 1. The van der Waals surface area contributed by atoms with Gasteiger partial charge in [-0.3, -0.25) is 0 Å². The van der Waals surface area contributed by atoms with Crippen LogP contribution in [0.1, 0.15) is 37.2 Å². The Bertz CT molecular complexity index is 593. The van der Waals surface area contributed by atoms with E-state index in [9.17, 15) is 13.2 Å². The van der Waals surface area contributed by atoms with Crippen molar-refractivity contribution in [3.8, 4) is 5.75 Å². The lowest BCUT2D eigenvalue weighted by molar-refractivity contribution is -0.159. The van der Waals surface area contributed by atoms with Gasteiger partial charge in [0.1, 0.15) is 5.75 Å². The molecule has 0 saturated carbocycles. The van der Waals surface area contributed by atoms with Crippen molar-refractivity contribution in [2.24, 2.45) is 5.73 Å². The second-order valence-corrected chi connectivity index (χ2v) is 4.67. The summed E-state index contributed by atoms with van der Waals surface area (Å²) in [6.07, 6.45) is -4.66. The molecule has 21 heavy (non-hydrogen) atoms. The quantitative estimate of drug-likeness (QED) is 0.939. The summed E-state index contributed by atoms with van der Waals surface area (Å²) in [5, 5.41) is 3.27. The van der Waals surface area contributed by atoms with Crippen molar-refractivity contribution in [2.75, 3.05) is 0 Å². The topological polar surface area (TPSA) is 74.2 Å². The largest absolute Gasteiger partial charge is 0.491 e. The Kier molecular flexibility index (Phi) is 4.17. The third kappa shape index (κ3) is 3.72. The summed E-state index contributed by atoms with van der Waals surface area (Å²) in [5.74, 6) is -0.988. The zero-order valence-electron chi connectivity index (χ0n) is 11.4. The second-order valence-electron chi connectivity index (χ2n) is 4.67. The van der Waals surface area contributed by atoms with E-state index in [2.05, 4.69) is 14.7 Å². The molecule has 0 aliphatic heterocycles. The molecule has 2 rings (SSSR count). The van der Waals surface area contributed by atoms with Crippen LogP contribution in [-0.2, 0) is 6.18 Å². The van der Waals surface area contributed by atoms with Gasteiger partial charge in [0.2, 0.25) is 0 Å². The molecule has 0 amide bonds. The molecular formula is C13H14F3N3O2. The maximum Gasteiger partial charge on any atom is 0.471 e. The lowest BCUT2D eigenvalue weighted by atomic mass is 10.1. The summed E-state index contributed by atoms with van der Waals surface area (Å²) in [6.45, 7) is 3.77. The van der Waals surface area contributed by atoms with E-state index in [4.69, 9.17) is 10.5 Å². The fourth-order valence-electron chi connectivity index (χ4n) is 1.65. The van der Waals surface area contributed by atoms with E-state index in [-0.39, 0.29) is 11.9 Å². The van der Waals surface area contributed by atoms with Crippen LogP contribution in [0, 0.1) is 0 Å². The van der Waals surface area contributed by atoms with E-state index < -0.39 is 18.1 Å². The van der Waals surface area contributed by atoms with Gasteiger partial charge in [-0.2, -0.15) is 18.2 Å². The molecule has 114 valence electrons. The van der Waals surface area contributed by atoms with Crippen LogP contribution in [0.2, 0.25) is 0 Å².